The van der Waals surface area contributed by atoms with E-state index in [4.69, 9.17) is 16.3 Å². The van der Waals surface area contributed by atoms with Crippen molar-refractivity contribution < 1.29 is 9.84 Å². The Balaban J connectivity index is 2.01. The zero-order chi connectivity index (χ0) is 15.2. The number of benzene rings is 2. The van der Waals surface area contributed by atoms with Crippen molar-refractivity contribution in [2.75, 3.05) is 13.7 Å². The monoisotopic (exact) mass is 305 g/mol. The number of aliphatic hydroxyl groups excluding tert-OH is 1. The summed E-state index contributed by atoms with van der Waals surface area (Å²) >= 11 is 6.09. The van der Waals surface area contributed by atoms with Gasteiger partial charge in [-0.2, -0.15) is 0 Å². The normalized spacial score (nSPS) is 13.7. The van der Waals surface area contributed by atoms with Crippen LogP contribution in [0.3, 0.4) is 0 Å². The van der Waals surface area contributed by atoms with Gasteiger partial charge < -0.3 is 15.2 Å². The topological polar surface area (TPSA) is 41.5 Å². The van der Waals surface area contributed by atoms with Gasteiger partial charge in [0.1, 0.15) is 5.75 Å². The van der Waals surface area contributed by atoms with Crippen LogP contribution in [0.4, 0.5) is 0 Å². The lowest BCUT2D eigenvalue weighted by Gasteiger charge is -2.20. The van der Waals surface area contributed by atoms with E-state index in [0.717, 1.165) is 16.9 Å². The van der Waals surface area contributed by atoms with Gasteiger partial charge in [0, 0.05) is 28.7 Å². The fraction of sp³-hybridized carbons (Fsp3) is 0.294. The van der Waals surface area contributed by atoms with Crippen molar-refractivity contribution in [1.29, 1.82) is 0 Å². The number of methoxy groups -OCH3 is 1. The highest BCUT2D eigenvalue weighted by Crippen LogP contribution is 2.26. The van der Waals surface area contributed by atoms with Crippen molar-refractivity contribution in [2.24, 2.45) is 0 Å². The lowest BCUT2D eigenvalue weighted by Crippen LogP contribution is -2.25. The van der Waals surface area contributed by atoms with Gasteiger partial charge in [-0.1, -0.05) is 48.0 Å². The molecule has 0 amide bonds. The molecule has 21 heavy (non-hydrogen) atoms. The van der Waals surface area contributed by atoms with Crippen molar-refractivity contribution in [2.45, 2.75) is 19.1 Å². The summed E-state index contributed by atoms with van der Waals surface area (Å²) in [6, 6.07) is 15.3. The summed E-state index contributed by atoms with van der Waals surface area (Å²) in [6.45, 7) is 2.46. The molecule has 3 nitrogen and oxygen atoms in total. The summed E-state index contributed by atoms with van der Waals surface area (Å²) in [5.74, 6) is 0.838. The Bertz CT molecular complexity index is 589. The van der Waals surface area contributed by atoms with Crippen LogP contribution in [0.15, 0.2) is 48.5 Å². The highest BCUT2D eigenvalue weighted by atomic mass is 35.5. The molecular formula is C17H20ClNO2. The van der Waals surface area contributed by atoms with E-state index in [-0.39, 0.29) is 6.04 Å². The molecule has 2 atom stereocenters. The molecule has 0 spiro atoms. The van der Waals surface area contributed by atoms with Gasteiger partial charge in [-0.05, 0) is 19.1 Å². The van der Waals surface area contributed by atoms with Crippen LogP contribution < -0.4 is 10.1 Å². The number of aliphatic hydroxyl groups is 1. The third-order valence-corrected chi connectivity index (χ3v) is 3.83. The average molecular weight is 306 g/mol. The quantitative estimate of drug-likeness (QED) is 0.854. The highest BCUT2D eigenvalue weighted by molar-refractivity contribution is 6.31. The SMILES string of the molecule is COc1ccccc1[C@H](C)NCC(O)c1ccccc1Cl. The molecule has 2 N–H and O–H groups in total. The summed E-state index contributed by atoms with van der Waals surface area (Å²) in [5.41, 5.74) is 1.80. The Morgan fingerprint density at radius 2 is 1.71 bits per heavy atom. The van der Waals surface area contributed by atoms with Crippen LogP contribution in [0, 0.1) is 0 Å². The Morgan fingerprint density at radius 1 is 1.10 bits per heavy atom. The van der Waals surface area contributed by atoms with E-state index < -0.39 is 6.10 Å². The second-order valence-electron chi connectivity index (χ2n) is 4.91. The Morgan fingerprint density at radius 3 is 2.38 bits per heavy atom. The maximum atomic E-state index is 10.2. The van der Waals surface area contributed by atoms with Crippen LogP contribution in [-0.2, 0) is 0 Å². The molecule has 0 aliphatic rings. The van der Waals surface area contributed by atoms with Crippen molar-refractivity contribution in [3.63, 3.8) is 0 Å². The summed E-state index contributed by atoms with van der Waals surface area (Å²) in [6.07, 6.45) is -0.643. The first-order chi connectivity index (χ1) is 10.1. The maximum Gasteiger partial charge on any atom is 0.123 e. The van der Waals surface area contributed by atoms with Crippen LogP contribution in [0.2, 0.25) is 5.02 Å². The Labute approximate surface area is 130 Å². The smallest absolute Gasteiger partial charge is 0.123 e. The van der Waals surface area contributed by atoms with E-state index in [1.807, 2.05) is 49.4 Å². The Hall–Kier alpha value is -1.55. The van der Waals surface area contributed by atoms with E-state index in [1.165, 1.54) is 0 Å². The molecule has 0 saturated carbocycles. The van der Waals surface area contributed by atoms with E-state index in [1.54, 1.807) is 13.2 Å². The molecule has 0 fully saturated rings. The van der Waals surface area contributed by atoms with Gasteiger partial charge in [0.25, 0.3) is 0 Å². The summed E-state index contributed by atoms with van der Waals surface area (Å²) in [5, 5.41) is 14.1. The minimum Gasteiger partial charge on any atom is -0.496 e. The molecule has 2 aromatic rings. The van der Waals surface area contributed by atoms with Crippen LogP contribution in [0.1, 0.15) is 30.2 Å². The molecule has 0 aromatic heterocycles. The largest absolute Gasteiger partial charge is 0.496 e. The number of hydrogen-bond acceptors (Lipinski definition) is 3. The fourth-order valence-corrected chi connectivity index (χ4v) is 2.54. The van der Waals surface area contributed by atoms with Crippen molar-refractivity contribution in [3.8, 4) is 5.75 Å². The summed E-state index contributed by atoms with van der Waals surface area (Å²) in [7, 11) is 1.66. The van der Waals surface area contributed by atoms with Crippen LogP contribution in [0.25, 0.3) is 0 Å². The first-order valence-electron chi connectivity index (χ1n) is 6.92. The molecule has 2 rings (SSSR count). The van der Waals surface area contributed by atoms with Crippen molar-refractivity contribution in [1.82, 2.24) is 5.32 Å². The molecule has 0 heterocycles. The molecule has 1 unspecified atom stereocenters. The third-order valence-electron chi connectivity index (χ3n) is 3.49. The number of hydrogen-bond donors (Lipinski definition) is 2. The Kier molecular flexibility index (Phi) is 5.62. The number of para-hydroxylation sites is 1. The zero-order valence-electron chi connectivity index (χ0n) is 12.2. The minimum absolute atomic E-state index is 0.0679. The van der Waals surface area contributed by atoms with Crippen LogP contribution in [0.5, 0.6) is 5.75 Å². The van der Waals surface area contributed by atoms with Gasteiger partial charge in [0.2, 0.25) is 0 Å². The third kappa shape index (κ3) is 3.97. The molecule has 0 aliphatic carbocycles. The van der Waals surface area contributed by atoms with Crippen LogP contribution in [-0.4, -0.2) is 18.8 Å². The van der Waals surface area contributed by atoms with Gasteiger partial charge in [-0.15, -0.1) is 0 Å². The highest BCUT2D eigenvalue weighted by Gasteiger charge is 2.15. The molecule has 4 heteroatoms. The van der Waals surface area contributed by atoms with Gasteiger partial charge in [0.05, 0.1) is 13.2 Å². The summed E-state index contributed by atoms with van der Waals surface area (Å²) < 4.78 is 5.35. The van der Waals surface area contributed by atoms with Gasteiger partial charge in [-0.25, -0.2) is 0 Å². The number of nitrogens with one attached hydrogen (secondary N) is 1. The number of halogens is 1. The second kappa shape index (κ2) is 7.46. The zero-order valence-corrected chi connectivity index (χ0v) is 13.0. The van der Waals surface area contributed by atoms with E-state index >= 15 is 0 Å². The standard InChI is InChI=1S/C17H20ClNO2/c1-12(13-7-4-6-10-17(13)21-2)19-11-16(20)14-8-3-5-9-15(14)18/h3-10,12,16,19-20H,11H2,1-2H3/t12-,16?/m0/s1. The van der Waals surface area contributed by atoms with Gasteiger partial charge in [0.15, 0.2) is 0 Å². The minimum atomic E-state index is -0.643. The van der Waals surface area contributed by atoms with Crippen molar-refractivity contribution >= 4 is 11.6 Å². The lowest BCUT2D eigenvalue weighted by atomic mass is 10.1. The fourth-order valence-electron chi connectivity index (χ4n) is 2.28. The predicted molar refractivity (Wildman–Crippen MR) is 85.8 cm³/mol. The van der Waals surface area contributed by atoms with E-state index in [9.17, 15) is 5.11 Å². The average Bonchev–Trinajstić information content (AvgIpc) is 2.52. The maximum absolute atomic E-state index is 10.2. The molecule has 0 radical (unpaired) electrons. The molecular weight excluding hydrogens is 286 g/mol. The molecule has 2 aromatic carbocycles. The van der Waals surface area contributed by atoms with Crippen LogP contribution >= 0.6 is 11.6 Å². The number of rotatable bonds is 6. The lowest BCUT2D eigenvalue weighted by molar-refractivity contribution is 0.170. The molecule has 112 valence electrons. The van der Waals surface area contributed by atoms with Gasteiger partial charge in [-0.3, -0.25) is 0 Å². The summed E-state index contributed by atoms with van der Waals surface area (Å²) in [4.78, 5) is 0. The first-order valence-corrected chi connectivity index (χ1v) is 7.30. The first kappa shape index (κ1) is 15.8. The van der Waals surface area contributed by atoms with E-state index in [2.05, 4.69) is 5.32 Å². The predicted octanol–water partition coefficient (Wildman–Crippen LogP) is 3.73. The molecule has 0 saturated heterocycles. The molecule has 0 bridgehead atoms. The van der Waals surface area contributed by atoms with Gasteiger partial charge >= 0.3 is 0 Å². The molecule has 0 aliphatic heterocycles. The number of ether oxygens (including phenoxy) is 1. The van der Waals surface area contributed by atoms with Crippen molar-refractivity contribution in [3.05, 3.63) is 64.7 Å². The van der Waals surface area contributed by atoms with E-state index in [0.29, 0.717) is 11.6 Å². The second-order valence-corrected chi connectivity index (χ2v) is 5.32.